The molecular formula is C23H21NO2. The molecule has 0 aromatic heterocycles. The zero-order chi connectivity index (χ0) is 18.2. The van der Waals surface area contributed by atoms with Crippen molar-refractivity contribution in [3.63, 3.8) is 0 Å². The Morgan fingerprint density at radius 1 is 0.923 bits per heavy atom. The zero-order valence-corrected chi connectivity index (χ0v) is 14.5. The largest absolute Gasteiger partial charge is 0.490 e. The van der Waals surface area contributed by atoms with Gasteiger partial charge >= 0.3 is 0 Å². The maximum Gasteiger partial charge on any atom is 0.252 e. The van der Waals surface area contributed by atoms with E-state index < -0.39 is 0 Å². The lowest BCUT2D eigenvalue weighted by molar-refractivity contribution is 0.0942. The highest BCUT2D eigenvalue weighted by atomic mass is 16.5. The number of ether oxygens (including phenoxy) is 1. The molecular weight excluding hydrogens is 322 g/mol. The van der Waals surface area contributed by atoms with E-state index in [0.29, 0.717) is 17.9 Å². The Morgan fingerprint density at radius 2 is 1.54 bits per heavy atom. The van der Waals surface area contributed by atoms with Crippen LogP contribution >= 0.6 is 0 Å². The predicted octanol–water partition coefficient (Wildman–Crippen LogP) is 4.77. The quantitative estimate of drug-likeness (QED) is 0.628. The number of hydrogen-bond acceptors (Lipinski definition) is 2. The zero-order valence-electron chi connectivity index (χ0n) is 14.5. The summed E-state index contributed by atoms with van der Waals surface area (Å²) in [5.41, 5.74) is 2.63. The van der Waals surface area contributed by atoms with Crippen LogP contribution in [-0.4, -0.2) is 12.5 Å². The molecule has 0 unspecified atom stereocenters. The Kier molecular flexibility index (Phi) is 5.84. The first-order valence-corrected chi connectivity index (χ1v) is 8.52. The second kappa shape index (κ2) is 8.67. The van der Waals surface area contributed by atoms with E-state index >= 15 is 0 Å². The number of carbonyl (C=O) groups is 1. The van der Waals surface area contributed by atoms with Crippen molar-refractivity contribution in [3.05, 3.63) is 114 Å². The molecule has 0 atom stereocenters. The highest BCUT2D eigenvalue weighted by Crippen LogP contribution is 2.23. The van der Waals surface area contributed by atoms with E-state index in [1.54, 1.807) is 18.2 Å². The Hall–Kier alpha value is -3.33. The third-order valence-electron chi connectivity index (χ3n) is 4.01. The summed E-state index contributed by atoms with van der Waals surface area (Å²) in [6.45, 7) is 4.04. The third kappa shape index (κ3) is 4.39. The van der Waals surface area contributed by atoms with E-state index in [4.69, 9.17) is 4.74 Å². The summed E-state index contributed by atoms with van der Waals surface area (Å²) in [6.07, 6.45) is 1.67. The van der Waals surface area contributed by atoms with Gasteiger partial charge in [-0.2, -0.15) is 0 Å². The van der Waals surface area contributed by atoms with Crippen LogP contribution in [0.1, 0.15) is 27.5 Å². The molecule has 0 spiro atoms. The topological polar surface area (TPSA) is 38.3 Å². The van der Waals surface area contributed by atoms with Gasteiger partial charge in [0.25, 0.3) is 5.91 Å². The molecule has 1 N–H and O–H groups in total. The van der Waals surface area contributed by atoms with Gasteiger partial charge in [0.15, 0.2) is 0 Å². The number of rotatable bonds is 7. The van der Waals surface area contributed by atoms with E-state index in [-0.39, 0.29) is 11.9 Å². The van der Waals surface area contributed by atoms with Gasteiger partial charge in [-0.1, -0.05) is 79.4 Å². The molecule has 0 fully saturated rings. The van der Waals surface area contributed by atoms with Crippen LogP contribution in [0.4, 0.5) is 0 Å². The summed E-state index contributed by atoms with van der Waals surface area (Å²) in [5.74, 6) is 0.500. The first-order chi connectivity index (χ1) is 12.8. The summed E-state index contributed by atoms with van der Waals surface area (Å²) in [6, 6.07) is 26.8. The minimum absolute atomic E-state index is 0.147. The van der Waals surface area contributed by atoms with Crippen molar-refractivity contribution in [2.24, 2.45) is 0 Å². The summed E-state index contributed by atoms with van der Waals surface area (Å²) in [7, 11) is 0. The minimum Gasteiger partial charge on any atom is -0.490 e. The van der Waals surface area contributed by atoms with E-state index in [1.165, 1.54) is 0 Å². The monoisotopic (exact) mass is 343 g/mol. The van der Waals surface area contributed by atoms with E-state index in [9.17, 15) is 4.79 Å². The van der Waals surface area contributed by atoms with Crippen molar-refractivity contribution in [1.29, 1.82) is 0 Å². The molecule has 0 heterocycles. The highest BCUT2D eigenvalue weighted by Gasteiger charge is 2.17. The SMILES string of the molecule is C=CCOc1cccc(C(=O)NC(c2ccccc2)c2ccccc2)c1. The average Bonchev–Trinajstić information content (AvgIpc) is 2.72. The van der Waals surface area contributed by atoms with Gasteiger partial charge in [0.05, 0.1) is 6.04 Å². The molecule has 0 saturated heterocycles. The summed E-state index contributed by atoms with van der Waals surface area (Å²) >= 11 is 0. The number of nitrogens with one attached hydrogen (secondary N) is 1. The van der Waals surface area contributed by atoms with Crippen LogP contribution in [0.5, 0.6) is 5.75 Å². The Bertz CT molecular complexity index is 820. The minimum atomic E-state index is -0.220. The van der Waals surface area contributed by atoms with Crippen molar-refractivity contribution in [1.82, 2.24) is 5.32 Å². The van der Waals surface area contributed by atoms with Gasteiger partial charge in [-0.25, -0.2) is 0 Å². The van der Waals surface area contributed by atoms with Gasteiger partial charge in [0.1, 0.15) is 12.4 Å². The van der Waals surface area contributed by atoms with Gasteiger partial charge in [0.2, 0.25) is 0 Å². The lowest BCUT2D eigenvalue weighted by Gasteiger charge is -2.20. The fraction of sp³-hybridized carbons (Fsp3) is 0.0870. The fourth-order valence-electron chi connectivity index (χ4n) is 2.75. The maximum absolute atomic E-state index is 12.8. The fourth-order valence-corrected chi connectivity index (χ4v) is 2.75. The Balaban J connectivity index is 1.85. The molecule has 0 aliphatic rings. The van der Waals surface area contributed by atoms with Gasteiger partial charge in [0, 0.05) is 5.56 Å². The average molecular weight is 343 g/mol. The number of amides is 1. The molecule has 130 valence electrons. The summed E-state index contributed by atoms with van der Waals surface area (Å²) < 4.78 is 5.52. The maximum atomic E-state index is 12.8. The van der Waals surface area contributed by atoms with E-state index in [0.717, 1.165) is 11.1 Å². The van der Waals surface area contributed by atoms with Crippen LogP contribution in [0.2, 0.25) is 0 Å². The molecule has 0 saturated carbocycles. The van der Waals surface area contributed by atoms with Crippen molar-refractivity contribution in [2.75, 3.05) is 6.61 Å². The van der Waals surface area contributed by atoms with Crippen LogP contribution in [0.15, 0.2) is 97.6 Å². The highest BCUT2D eigenvalue weighted by molar-refractivity contribution is 5.95. The number of hydrogen-bond donors (Lipinski definition) is 1. The first kappa shape index (κ1) is 17.5. The Morgan fingerprint density at radius 3 is 2.12 bits per heavy atom. The van der Waals surface area contributed by atoms with Crippen molar-refractivity contribution in [3.8, 4) is 5.75 Å². The lowest BCUT2D eigenvalue weighted by atomic mass is 9.98. The van der Waals surface area contributed by atoms with Crippen molar-refractivity contribution < 1.29 is 9.53 Å². The molecule has 26 heavy (non-hydrogen) atoms. The van der Waals surface area contributed by atoms with Gasteiger partial charge in [-0.3, -0.25) is 4.79 Å². The first-order valence-electron chi connectivity index (χ1n) is 8.52. The van der Waals surface area contributed by atoms with Crippen LogP contribution < -0.4 is 10.1 Å². The molecule has 0 bridgehead atoms. The second-order valence-electron chi connectivity index (χ2n) is 5.86. The molecule has 3 heteroatoms. The van der Waals surface area contributed by atoms with E-state index in [2.05, 4.69) is 11.9 Å². The molecule has 3 aromatic carbocycles. The molecule has 0 radical (unpaired) electrons. The van der Waals surface area contributed by atoms with Gasteiger partial charge in [-0.15, -0.1) is 0 Å². The molecule has 3 nitrogen and oxygen atoms in total. The van der Waals surface area contributed by atoms with Crippen molar-refractivity contribution >= 4 is 5.91 Å². The van der Waals surface area contributed by atoms with Crippen LogP contribution in [0.3, 0.4) is 0 Å². The van der Waals surface area contributed by atoms with Crippen LogP contribution in [-0.2, 0) is 0 Å². The molecule has 1 amide bonds. The summed E-state index contributed by atoms with van der Waals surface area (Å²) in [5, 5.41) is 3.13. The van der Waals surface area contributed by atoms with Crippen LogP contribution in [0.25, 0.3) is 0 Å². The standard InChI is InChI=1S/C23H21NO2/c1-2-16-26-21-15-9-14-20(17-21)23(25)24-22(18-10-5-3-6-11-18)19-12-7-4-8-13-19/h2-15,17,22H,1,16H2,(H,24,25). The smallest absolute Gasteiger partial charge is 0.252 e. The molecule has 3 rings (SSSR count). The van der Waals surface area contributed by atoms with Gasteiger partial charge < -0.3 is 10.1 Å². The van der Waals surface area contributed by atoms with Crippen LogP contribution in [0, 0.1) is 0 Å². The lowest BCUT2D eigenvalue weighted by Crippen LogP contribution is -2.29. The third-order valence-corrected chi connectivity index (χ3v) is 4.01. The molecule has 0 aliphatic heterocycles. The normalized spacial score (nSPS) is 10.3. The van der Waals surface area contributed by atoms with Crippen molar-refractivity contribution in [2.45, 2.75) is 6.04 Å². The van der Waals surface area contributed by atoms with Gasteiger partial charge in [-0.05, 0) is 29.3 Å². The molecule has 3 aromatic rings. The number of benzene rings is 3. The van der Waals surface area contributed by atoms with E-state index in [1.807, 2.05) is 72.8 Å². The summed E-state index contributed by atoms with van der Waals surface area (Å²) in [4.78, 5) is 12.8. The predicted molar refractivity (Wildman–Crippen MR) is 104 cm³/mol. The Labute approximate surface area is 154 Å². The number of carbonyl (C=O) groups excluding carboxylic acids is 1. The molecule has 0 aliphatic carbocycles. The second-order valence-corrected chi connectivity index (χ2v) is 5.86.